The molecule has 0 bridgehead atoms. The van der Waals surface area contributed by atoms with Crippen LogP contribution in [0.4, 0.5) is 0 Å². The lowest BCUT2D eigenvalue weighted by molar-refractivity contribution is -0.138. The van der Waals surface area contributed by atoms with Crippen molar-refractivity contribution in [3.8, 4) is 0 Å². The largest absolute Gasteiger partial charge is 0.353 e. The molecule has 3 fully saturated rings. The van der Waals surface area contributed by atoms with Gasteiger partial charge in [-0.05, 0) is 80.1 Å². The molecule has 3 saturated carbocycles. The predicted octanol–water partition coefficient (Wildman–Crippen LogP) is 4.55. The molecule has 2 amide bonds. The molecule has 0 aromatic heterocycles. The molecule has 0 aromatic carbocycles. The molecule has 4 aliphatic rings. The van der Waals surface area contributed by atoms with Crippen LogP contribution in [0.2, 0.25) is 0 Å². The molecule has 1 aliphatic heterocycles. The Kier molecular flexibility index (Phi) is 5.36. The van der Waals surface area contributed by atoms with E-state index >= 15 is 0 Å². The van der Waals surface area contributed by atoms with Crippen LogP contribution in [0.3, 0.4) is 0 Å². The predicted molar refractivity (Wildman–Crippen MR) is 116 cm³/mol. The molecule has 0 radical (unpaired) electrons. The summed E-state index contributed by atoms with van der Waals surface area (Å²) in [5, 5.41) is 3.44. The minimum Gasteiger partial charge on any atom is -0.353 e. The average molecular weight is 401 g/mol. The normalized spacial score (nSPS) is 43.7. The molecule has 162 valence electrons. The molecule has 4 nitrogen and oxygen atoms in total. The highest BCUT2D eigenvalue weighted by atomic mass is 16.2. The molecule has 0 aromatic rings. The Labute approximate surface area is 176 Å². The van der Waals surface area contributed by atoms with Crippen molar-refractivity contribution in [3.63, 3.8) is 0 Å². The highest BCUT2D eigenvalue weighted by molar-refractivity contribution is 5.89. The van der Waals surface area contributed by atoms with Crippen LogP contribution in [0, 0.1) is 34.5 Å². The zero-order valence-corrected chi connectivity index (χ0v) is 19.0. The monoisotopic (exact) mass is 400 g/mol. The van der Waals surface area contributed by atoms with Gasteiger partial charge in [-0.15, -0.1) is 0 Å². The van der Waals surface area contributed by atoms with Gasteiger partial charge in [0.05, 0.1) is 0 Å². The number of carbonyl (C=O) groups excluding carboxylic acids is 2. The summed E-state index contributed by atoms with van der Waals surface area (Å²) in [6.45, 7) is 9.22. The molecule has 3 aliphatic carbocycles. The van der Waals surface area contributed by atoms with Gasteiger partial charge in [-0.2, -0.15) is 0 Å². The third kappa shape index (κ3) is 3.35. The van der Waals surface area contributed by atoms with Gasteiger partial charge in [0.15, 0.2) is 0 Å². The smallest absolute Gasteiger partial charge is 0.246 e. The number of carbonyl (C=O) groups is 2. The van der Waals surface area contributed by atoms with E-state index in [4.69, 9.17) is 0 Å². The Morgan fingerprint density at radius 3 is 2.66 bits per heavy atom. The number of likely N-dealkylation sites (N-methyl/N-ethyl adjacent to an activating group) is 1. The van der Waals surface area contributed by atoms with Gasteiger partial charge in [-0.25, -0.2) is 0 Å². The fourth-order valence-electron chi connectivity index (χ4n) is 7.66. The molecule has 7 atom stereocenters. The van der Waals surface area contributed by atoms with Crippen molar-refractivity contribution in [3.05, 3.63) is 12.2 Å². The second-order valence-corrected chi connectivity index (χ2v) is 11.3. The van der Waals surface area contributed by atoms with Gasteiger partial charge in [0.25, 0.3) is 0 Å². The Morgan fingerprint density at radius 2 is 1.93 bits per heavy atom. The molecule has 29 heavy (non-hydrogen) atoms. The number of fused-ring (bicyclic) bond motifs is 5. The van der Waals surface area contributed by atoms with Crippen LogP contribution in [0.1, 0.15) is 79.1 Å². The summed E-state index contributed by atoms with van der Waals surface area (Å²) in [5.74, 6) is 3.06. The summed E-state index contributed by atoms with van der Waals surface area (Å²) in [6, 6.07) is 0.684. The van der Waals surface area contributed by atoms with E-state index in [0.717, 1.165) is 25.2 Å². The van der Waals surface area contributed by atoms with Crippen molar-refractivity contribution in [2.75, 3.05) is 7.05 Å². The Bertz CT molecular complexity index is 701. The number of hydrogen-bond donors (Lipinski definition) is 1. The lowest BCUT2D eigenvalue weighted by Crippen LogP contribution is -2.60. The van der Waals surface area contributed by atoms with Crippen molar-refractivity contribution in [1.29, 1.82) is 0 Å². The number of nitrogens with one attached hydrogen (secondary N) is 1. The average Bonchev–Trinajstić information content (AvgIpc) is 3.00. The summed E-state index contributed by atoms with van der Waals surface area (Å²) in [6.07, 6.45) is 12.8. The highest BCUT2D eigenvalue weighted by Crippen LogP contribution is 2.63. The molecular formula is C25H40N2O2. The molecule has 4 heteroatoms. The molecule has 0 saturated heterocycles. The summed E-state index contributed by atoms with van der Waals surface area (Å²) < 4.78 is 0. The van der Waals surface area contributed by atoms with Crippen LogP contribution in [-0.4, -0.2) is 35.8 Å². The zero-order valence-electron chi connectivity index (χ0n) is 19.0. The van der Waals surface area contributed by atoms with Crippen LogP contribution in [0.5, 0.6) is 0 Å². The van der Waals surface area contributed by atoms with Crippen molar-refractivity contribution in [2.24, 2.45) is 34.5 Å². The van der Waals surface area contributed by atoms with Crippen LogP contribution >= 0.6 is 0 Å². The number of amides is 2. The second-order valence-electron chi connectivity index (χ2n) is 11.3. The minimum absolute atomic E-state index is 0.103. The molecule has 1 heterocycles. The summed E-state index contributed by atoms with van der Waals surface area (Å²) >= 11 is 0. The fraction of sp³-hybridized carbons (Fsp3) is 0.840. The van der Waals surface area contributed by atoms with Gasteiger partial charge < -0.3 is 10.2 Å². The Morgan fingerprint density at radius 1 is 1.17 bits per heavy atom. The zero-order chi connectivity index (χ0) is 21.0. The van der Waals surface area contributed by atoms with Gasteiger partial charge in [-0.1, -0.05) is 33.8 Å². The maximum atomic E-state index is 12.6. The molecule has 4 rings (SSSR count). The van der Waals surface area contributed by atoms with Crippen LogP contribution in [-0.2, 0) is 9.59 Å². The quantitative estimate of drug-likeness (QED) is 0.753. The van der Waals surface area contributed by atoms with Crippen LogP contribution in [0.15, 0.2) is 12.2 Å². The minimum atomic E-state index is 0.103. The first kappa shape index (κ1) is 20.9. The Balaban J connectivity index is 1.50. The van der Waals surface area contributed by atoms with Crippen molar-refractivity contribution < 1.29 is 9.59 Å². The van der Waals surface area contributed by atoms with E-state index in [2.05, 4.69) is 39.1 Å². The van der Waals surface area contributed by atoms with Crippen LogP contribution < -0.4 is 5.32 Å². The lowest BCUT2D eigenvalue weighted by atomic mass is 9.48. The maximum Gasteiger partial charge on any atom is 0.246 e. The van der Waals surface area contributed by atoms with E-state index in [-0.39, 0.29) is 22.6 Å². The van der Waals surface area contributed by atoms with E-state index in [0.29, 0.717) is 36.3 Å². The van der Waals surface area contributed by atoms with Gasteiger partial charge in [-0.3, -0.25) is 9.59 Å². The topological polar surface area (TPSA) is 49.4 Å². The van der Waals surface area contributed by atoms with E-state index < -0.39 is 0 Å². The van der Waals surface area contributed by atoms with Gasteiger partial charge in [0.2, 0.25) is 11.8 Å². The summed E-state index contributed by atoms with van der Waals surface area (Å²) in [5.41, 5.74) is 0.337. The van der Waals surface area contributed by atoms with E-state index in [9.17, 15) is 9.59 Å². The van der Waals surface area contributed by atoms with Crippen molar-refractivity contribution in [1.82, 2.24) is 10.2 Å². The molecule has 0 spiro atoms. The fourth-order valence-corrected chi connectivity index (χ4v) is 7.66. The van der Waals surface area contributed by atoms with Crippen molar-refractivity contribution >= 4 is 11.8 Å². The first-order valence-corrected chi connectivity index (χ1v) is 11.9. The number of hydrogen-bond acceptors (Lipinski definition) is 2. The standard InChI is InChI=1S/C25H40N2O2/c1-16(2)6-11-22(28)26-20-9-8-18-17-7-10-21-25(4,15-13-23(29)27(21)5)19(17)12-14-24(18,20)3/h13,15-21H,6-12,14H2,1-5H3,(H,26,28)/t17-,18-,19-,20?,21+,24-,25+/m0/s1. The van der Waals surface area contributed by atoms with E-state index in [1.54, 1.807) is 0 Å². The molecule has 1 N–H and O–H groups in total. The first-order valence-electron chi connectivity index (χ1n) is 11.9. The van der Waals surface area contributed by atoms with E-state index in [1.165, 1.54) is 25.7 Å². The van der Waals surface area contributed by atoms with Gasteiger partial charge >= 0.3 is 0 Å². The third-order valence-electron chi connectivity index (χ3n) is 9.41. The third-order valence-corrected chi connectivity index (χ3v) is 9.41. The molecule has 1 unspecified atom stereocenters. The summed E-state index contributed by atoms with van der Waals surface area (Å²) in [4.78, 5) is 26.8. The first-order chi connectivity index (χ1) is 13.7. The van der Waals surface area contributed by atoms with Gasteiger partial charge in [0, 0.05) is 31.0 Å². The van der Waals surface area contributed by atoms with Crippen LogP contribution in [0.25, 0.3) is 0 Å². The van der Waals surface area contributed by atoms with Crippen molar-refractivity contribution in [2.45, 2.75) is 91.1 Å². The van der Waals surface area contributed by atoms with E-state index in [1.807, 2.05) is 18.0 Å². The molecular weight excluding hydrogens is 360 g/mol. The SMILES string of the molecule is CC(C)CCC(=O)NC1CC[C@H]2[C@@H]3CC[C@H]4N(C)C(=O)C=C[C@]4(C)[C@H]3CC[C@]12C. The maximum absolute atomic E-state index is 12.6. The second kappa shape index (κ2) is 7.42. The van der Waals surface area contributed by atoms with Gasteiger partial charge in [0.1, 0.15) is 0 Å². The summed E-state index contributed by atoms with van der Waals surface area (Å²) in [7, 11) is 1.99. The Hall–Kier alpha value is -1.32. The highest BCUT2D eigenvalue weighted by Gasteiger charge is 2.60. The lowest BCUT2D eigenvalue weighted by Gasteiger charge is -2.60. The number of nitrogens with zero attached hydrogens (tertiary/aromatic N) is 1. The number of rotatable bonds is 4.